The number of likely N-dealkylation sites (tertiary alicyclic amines) is 1. The first-order chi connectivity index (χ1) is 15.6. The van der Waals surface area contributed by atoms with Crippen molar-refractivity contribution in [1.82, 2.24) is 14.9 Å². The predicted molar refractivity (Wildman–Crippen MR) is 121 cm³/mol. The SMILES string of the molecule is Cc1nc([C@H]2CCCN(CCOc3ccc(F)cc3)C2)ncc1C(=O)Nc1ccccc1. The summed E-state index contributed by atoms with van der Waals surface area (Å²) in [5.41, 5.74) is 1.91. The van der Waals surface area contributed by atoms with Gasteiger partial charge in [-0.15, -0.1) is 0 Å². The molecule has 1 amide bonds. The highest BCUT2D eigenvalue weighted by atomic mass is 19.1. The molecule has 1 N–H and O–H groups in total. The Hall–Kier alpha value is -3.32. The Morgan fingerprint density at radius 1 is 1.19 bits per heavy atom. The van der Waals surface area contributed by atoms with Gasteiger partial charge in [0.05, 0.1) is 11.3 Å². The molecule has 7 heteroatoms. The molecule has 1 aromatic heterocycles. The second kappa shape index (κ2) is 10.3. The van der Waals surface area contributed by atoms with Gasteiger partial charge in [0, 0.05) is 30.9 Å². The molecule has 32 heavy (non-hydrogen) atoms. The number of piperidine rings is 1. The van der Waals surface area contributed by atoms with Crippen molar-refractivity contribution in [2.75, 3.05) is 31.6 Å². The monoisotopic (exact) mass is 434 g/mol. The summed E-state index contributed by atoms with van der Waals surface area (Å²) < 4.78 is 18.7. The number of carbonyl (C=O) groups excluding carboxylic acids is 1. The molecule has 1 fully saturated rings. The van der Waals surface area contributed by atoms with Gasteiger partial charge in [-0.2, -0.15) is 0 Å². The lowest BCUT2D eigenvalue weighted by molar-refractivity contribution is 0.102. The maximum absolute atomic E-state index is 13.0. The van der Waals surface area contributed by atoms with Gasteiger partial charge < -0.3 is 10.1 Å². The molecular formula is C25H27FN4O2. The van der Waals surface area contributed by atoms with Crippen LogP contribution in [0.1, 0.15) is 40.6 Å². The molecule has 4 rings (SSSR count). The predicted octanol–water partition coefficient (Wildman–Crippen LogP) is 4.43. The fourth-order valence-electron chi connectivity index (χ4n) is 3.92. The van der Waals surface area contributed by atoms with Crippen molar-refractivity contribution in [3.63, 3.8) is 0 Å². The zero-order valence-corrected chi connectivity index (χ0v) is 18.1. The van der Waals surface area contributed by atoms with Crippen molar-refractivity contribution < 1.29 is 13.9 Å². The summed E-state index contributed by atoms with van der Waals surface area (Å²) in [5, 5.41) is 2.88. The first kappa shape index (κ1) is 21.9. The average Bonchev–Trinajstić information content (AvgIpc) is 2.81. The number of hydrogen-bond acceptors (Lipinski definition) is 5. The maximum Gasteiger partial charge on any atom is 0.259 e. The molecule has 0 saturated carbocycles. The summed E-state index contributed by atoms with van der Waals surface area (Å²) >= 11 is 0. The third-order valence-electron chi connectivity index (χ3n) is 5.63. The first-order valence-electron chi connectivity index (χ1n) is 10.9. The van der Waals surface area contributed by atoms with E-state index in [9.17, 15) is 9.18 Å². The second-order valence-electron chi connectivity index (χ2n) is 7.99. The number of amides is 1. The number of aromatic nitrogens is 2. The minimum atomic E-state index is -0.268. The summed E-state index contributed by atoms with van der Waals surface area (Å²) in [6.45, 7) is 5.02. The van der Waals surface area contributed by atoms with Gasteiger partial charge in [0.2, 0.25) is 0 Å². The Balaban J connectivity index is 1.33. The van der Waals surface area contributed by atoms with Crippen LogP contribution >= 0.6 is 0 Å². The van der Waals surface area contributed by atoms with Crippen LogP contribution in [0.5, 0.6) is 5.75 Å². The second-order valence-corrected chi connectivity index (χ2v) is 7.99. The molecule has 1 atom stereocenters. The summed E-state index contributed by atoms with van der Waals surface area (Å²) in [7, 11) is 0. The number of aryl methyl sites for hydroxylation is 1. The number of ether oxygens (including phenoxy) is 1. The van der Waals surface area contributed by atoms with Crippen molar-refractivity contribution in [3.05, 3.63) is 83.7 Å². The average molecular weight is 435 g/mol. The van der Waals surface area contributed by atoms with Gasteiger partial charge >= 0.3 is 0 Å². The van der Waals surface area contributed by atoms with Gasteiger partial charge in [-0.05, 0) is 62.7 Å². The molecule has 0 spiro atoms. The lowest BCUT2D eigenvalue weighted by Gasteiger charge is -2.32. The summed E-state index contributed by atoms with van der Waals surface area (Å²) in [6, 6.07) is 15.4. The number of anilines is 1. The molecule has 2 heterocycles. The van der Waals surface area contributed by atoms with Crippen molar-refractivity contribution >= 4 is 11.6 Å². The van der Waals surface area contributed by atoms with Gasteiger partial charge in [0.25, 0.3) is 5.91 Å². The highest BCUT2D eigenvalue weighted by molar-refractivity contribution is 6.04. The van der Waals surface area contributed by atoms with Crippen LogP contribution in [-0.2, 0) is 0 Å². The molecule has 1 saturated heterocycles. The topological polar surface area (TPSA) is 67.3 Å². The molecule has 3 aromatic rings. The van der Waals surface area contributed by atoms with Crippen LogP contribution < -0.4 is 10.1 Å². The standard InChI is InChI=1S/C25H27FN4O2/c1-18-23(25(31)29-21-7-3-2-4-8-21)16-27-24(28-18)19-6-5-13-30(17-19)14-15-32-22-11-9-20(26)10-12-22/h2-4,7-12,16,19H,5-6,13-15,17H2,1H3,(H,29,31)/t19-/m0/s1. The smallest absolute Gasteiger partial charge is 0.259 e. The van der Waals surface area contributed by atoms with E-state index in [-0.39, 0.29) is 17.6 Å². The Labute approximate surface area is 187 Å². The van der Waals surface area contributed by atoms with Crippen molar-refractivity contribution in [1.29, 1.82) is 0 Å². The highest BCUT2D eigenvalue weighted by Gasteiger charge is 2.24. The van der Waals surface area contributed by atoms with Crippen LogP contribution in [-0.4, -0.2) is 47.0 Å². The van der Waals surface area contributed by atoms with Gasteiger partial charge in [-0.25, -0.2) is 14.4 Å². The molecule has 6 nitrogen and oxygen atoms in total. The van der Waals surface area contributed by atoms with Crippen LogP contribution in [0.3, 0.4) is 0 Å². The molecule has 0 aliphatic carbocycles. The molecule has 0 unspecified atom stereocenters. The molecule has 166 valence electrons. The van der Waals surface area contributed by atoms with Crippen molar-refractivity contribution in [3.8, 4) is 5.75 Å². The zero-order chi connectivity index (χ0) is 22.3. The van der Waals surface area contributed by atoms with Crippen molar-refractivity contribution in [2.24, 2.45) is 0 Å². The number of nitrogens with zero attached hydrogens (tertiary/aromatic N) is 3. The van der Waals surface area contributed by atoms with Crippen molar-refractivity contribution in [2.45, 2.75) is 25.7 Å². The molecule has 1 aliphatic rings. The van der Waals surface area contributed by atoms with Crippen LogP contribution in [0, 0.1) is 12.7 Å². The normalized spacial score (nSPS) is 16.5. The number of nitrogens with one attached hydrogen (secondary N) is 1. The summed E-state index contributed by atoms with van der Waals surface area (Å²) in [6.07, 6.45) is 3.71. The Morgan fingerprint density at radius 3 is 2.72 bits per heavy atom. The number of rotatable bonds is 7. The zero-order valence-electron chi connectivity index (χ0n) is 18.1. The quantitative estimate of drug-likeness (QED) is 0.596. The van der Waals surface area contributed by atoms with Crippen LogP contribution in [0.4, 0.5) is 10.1 Å². The fraction of sp³-hybridized carbons (Fsp3) is 0.320. The number of benzene rings is 2. The van der Waals surface area contributed by atoms with E-state index in [1.165, 1.54) is 12.1 Å². The molecule has 0 bridgehead atoms. The third-order valence-corrected chi connectivity index (χ3v) is 5.63. The number of halogens is 1. The van der Waals surface area contributed by atoms with E-state index in [1.807, 2.05) is 37.3 Å². The van der Waals surface area contributed by atoms with Crippen LogP contribution in [0.25, 0.3) is 0 Å². The number of para-hydroxylation sites is 1. The van der Waals surface area contributed by atoms with E-state index in [1.54, 1.807) is 18.3 Å². The van der Waals surface area contributed by atoms with E-state index in [4.69, 9.17) is 4.74 Å². The van der Waals surface area contributed by atoms with E-state index < -0.39 is 0 Å². The Morgan fingerprint density at radius 2 is 1.97 bits per heavy atom. The van der Waals surface area contributed by atoms with Crippen LogP contribution in [0.15, 0.2) is 60.8 Å². The van der Waals surface area contributed by atoms with Gasteiger partial charge in [0.15, 0.2) is 0 Å². The first-order valence-corrected chi connectivity index (χ1v) is 10.9. The molecule has 0 radical (unpaired) electrons. The Kier molecular flexibility index (Phi) is 7.07. The minimum absolute atomic E-state index is 0.205. The van der Waals surface area contributed by atoms with Gasteiger partial charge in [-0.3, -0.25) is 9.69 Å². The molecule has 1 aliphatic heterocycles. The Bertz CT molecular complexity index is 1040. The van der Waals surface area contributed by atoms with E-state index in [0.717, 1.165) is 44.0 Å². The number of hydrogen-bond donors (Lipinski definition) is 1. The minimum Gasteiger partial charge on any atom is -0.492 e. The van der Waals surface area contributed by atoms with Crippen LogP contribution in [0.2, 0.25) is 0 Å². The summed E-state index contributed by atoms with van der Waals surface area (Å²) in [4.78, 5) is 24.1. The molecular weight excluding hydrogens is 407 g/mol. The van der Waals surface area contributed by atoms with Gasteiger partial charge in [0.1, 0.15) is 24.0 Å². The highest BCUT2D eigenvalue weighted by Crippen LogP contribution is 2.25. The van der Waals surface area contributed by atoms with E-state index >= 15 is 0 Å². The number of carbonyl (C=O) groups is 1. The fourth-order valence-corrected chi connectivity index (χ4v) is 3.92. The lowest BCUT2D eigenvalue weighted by atomic mass is 9.97. The lowest BCUT2D eigenvalue weighted by Crippen LogP contribution is -2.37. The largest absolute Gasteiger partial charge is 0.492 e. The third kappa shape index (κ3) is 5.68. The maximum atomic E-state index is 13.0. The van der Waals surface area contributed by atoms with E-state index in [2.05, 4.69) is 20.2 Å². The molecule has 2 aromatic carbocycles. The summed E-state index contributed by atoms with van der Waals surface area (Å²) in [5.74, 6) is 1.20. The van der Waals surface area contributed by atoms with Gasteiger partial charge in [-0.1, -0.05) is 18.2 Å². The van der Waals surface area contributed by atoms with E-state index in [0.29, 0.717) is 23.6 Å².